The molecule has 3 aromatic carbocycles. The zero-order chi connectivity index (χ0) is 21.1. The van der Waals surface area contributed by atoms with E-state index in [0.29, 0.717) is 17.1 Å². The maximum Gasteiger partial charge on any atom is 0.252 e. The van der Waals surface area contributed by atoms with Crippen LogP contribution >= 0.6 is 39.3 Å². The molecule has 4 aromatic rings. The third-order valence-electron chi connectivity index (χ3n) is 4.81. The lowest BCUT2D eigenvalue weighted by Gasteiger charge is -2.08. The van der Waals surface area contributed by atoms with Crippen molar-refractivity contribution in [1.82, 2.24) is 10.3 Å². The van der Waals surface area contributed by atoms with Gasteiger partial charge in [0, 0.05) is 32.6 Å². The summed E-state index contributed by atoms with van der Waals surface area (Å²) in [7, 11) is 0. The van der Waals surface area contributed by atoms with Crippen molar-refractivity contribution in [2.45, 2.75) is 11.8 Å². The van der Waals surface area contributed by atoms with Crippen molar-refractivity contribution in [1.29, 1.82) is 0 Å². The molecule has 30 heavy (non-hydrogen) atoms. The van der Waals surface area contributed by atoms with Crippen LogP contribution in [0.3, 0.4) is 0 Å². The summed E-state index contributed by atoms with van der Waals surface area (Å²) in [6.07, 6.45) is 0. The summed E-state index contributed by atoms with van der Waals surface area (Å²) in [6, 6.07) is 22.1. The van der Waals surface area contributed by atoms with Crippen molar-refractivity contribution >= 4 is 56.1 Å². The molecule has 2 N–H and O–H groups in total. The Labute approximate surface area is 193 Å². The first-order valence-corrected chi connectivity index (χ1v) is 11.7. The van der Waals surface area contributed by atoms with Crippen LogP contribution in [0.2, 0.25) is 5.02 Å². The van der Waals surface area contributed by atoms with Gasteiger partial charge >= 0.3 is 0 Å². The van der Waals surface area contributed by atoms with Crippen molar-refractivity contribution in [2.24, 2.45) is 0 Å². The largest absolute Gasteiger partial charge is 0.354 e. The zero-order valence-electron chi connectivity index (χ0n) is 16.3. The topological polar surface area (TPSA) is 44.9 Å². The SMILES string of the molecule is Cc1ccc(-c2[nH]c3ccccc3c2SCCNC(=O)c2cc(Br)ccc2Cl)cc1. The Hall–Kier alpha value is -2.21. The number of carbonyl (C=O) groups is 1. The Morgan fingerprint density at radius 2 is 1.87 bits per heavy atom. The van der Waals surface area contributed by atoms with Gasteiger partial charge in [0.25, 0.3) is 5.91 Å². The molecule has 0 aliphatic carbocycles. The molecule has 152 valence electrons. The van der Waals surface area contributed by atoms with E-state index in [-0.39, 0.29) is 5.91 Å². The number of H-pyrrole nitrogens is 1. The number of amides is 1. The number of aromatic amines is 1. The smallest absolute Gasteiger partial charge is 0.252 e. The third kappa shape index (κ3) is 4.59. The average Bonchev–Trinajstić information content (AvgIpc) is 3.12. The normalized spacial score (nSPS) is 11.0. The van der Waals surface area contributed by atoms with Crippen LogP contribution in [-0.2, 0) is 0 Å². The Kier molecular flexibility index (Phi) is 6.52. The second-order valence-electron chi connectivity index (χ2n) is 6.97. The highest BCUT2D eigenvalue weighted by molar-refractivity contribution is 9.10. The van der Waals surface area contributed by atoms with Crippen molar-refractivity contribution < 1.29 is 4.79 Å². The number of hydrogen-bond acceptors (Lipinski definition) is 2. The van der Waals surface area contributed by atoms with Gasteiger partial charge in [-0.3, -0.25) is 4.79 Å². The van der Waals surface area contributed by atoms with Gasteiger partial charge in [0.15, 0.2) is 0 Å². The van der Waals surface area contributed by atoms with Gasteiger partial charge in [-0.25, -0.2) is 0 Å². The number of halogens is 2. The van der Waals surface area contributed by atoms with Crippen molar-refractivity contribution in [2.75, 3.05) is 12.3 Å². The second-order valence-corrected chi connectivity index (χ2v) is 9.40. The molecule has 0 unspecified atom stereocenters. The Bertz CT molecular complexity index is 1200. The monoisotopic (exact) mass is 498 g/mol. The lowest BCUT2D eigenvalue weighted by Crippen LogP contribution is -2.26. The summed E-state index contributed by atoms with van der Waals surface area (Å²) < 4.78 is 0.827. The first-order chi connectivity index (χ1) is 14.5. The van der Waals surface area contributed by atoms with Gasteiger partial charge < -0.3 is 10.3 Å². The van der Waals surface area contributed by atoms with Crippen LogP contribution in [0, 0.1) is 6.92 Å². The number of fused-ring (bicyclic) bond motifs is 1. The predicted octanol–water partition coefficient (Wildman–Crippen LogP) is 7.08. The number of aryl methyl sites for hydroxylation is 1. The van der Waals surface area contributed by atoms with Crippen molar-refractivity contribution in [3.8, 4) is 11.3 Å². The molecule has 4 rings (SSSR count). The molecule has 3 nitrogen and oxygen atoms in total. The van der Waals surface area contributed by atoms with Gasteiger partial charge in [-0.2, -0.15) is 0 Å². The maximum absolute atomic E-state index is 12.5. The number of thioether (sulfide) groups is 1. The van der Waals surface area contributed by atoms with Crippen LogP contribution in [0.4, 0.5) is 0 Å². The van der Waals surface area contributed by atoms with E-state index < -0.39 is 0 Å². The highest BCUT2D eigenvalue weighted by atomic mass is 79.9. The molecular formula is C24H20BrClN2OS. The van der Waals surface area contributed by atoms with Gasteiger partial charge in [0.2, 0.25) is 0 Å². The molecule has 0 saturated carbocycles. The third-order valence-corrected chi connectivity index (χ3v) is 6.75. The summed E-state index contributed by atoms with van der Waals surface area (Å²) >= 11 is 11.3. The fraction of sp³-hybridized carbons (Fsp3) is 0.125. The first-order valence-electron chi connectivity index (χ1n) is 9.57. The summed E-state index contributed by atoms with van der Waals surface area (Å²) in [4.78, 5) is 17.2. The lowest BCUT2D eigenvalue weighted by molar-refractivity contribution is 0.0956. The van der Waals surface area contributed by atoms with E-state index in [1.54, 1.807) is 23.9 Å². The Balaban J connectivity index is 1.50. The quantitative estimate of drug-likeness (QED) is 0.220. The molecule has 0 aliphatic heterocycles. The van der Waals surface area contributed by atoms with E-state index in [2.05, 4.69) is 75.6 Å². The standard InChI is InChI=1S/C24H20BrClN2OS/c1-15-6-8-16(9-7-15)22-23(18-4-2-3-5-21(18)28-22)30-13-12-27-24(29)19-14-17(25)10-11-20(19)26/h2-11,14,28H,12-13H2,1H3,(H,27,29). The fourth-order valence-corrected chi connectivity index (χ4v) is 4.89. The van der Waals surface area contributed by atoms with Crippen LogP contribution in [-0.4, -0.2) is 23.2 Å². The zero-order valence-corrected chi connectivity index (χ0v) is 19.5. The van der Waals surface area contributed by atoms with Crippen molar-refractivity contribution in [3.05, 3.63) is 87.4 Å². The minimum Gasteiger partial charge on any atom is -0.354 e. The highest BCUT2D eigenvalue weighted by Gasteiger charge is 2.14. The molecule has 0 atom stereocenters. The van der Waals surface area contributed by atoms with Gasteiger partial charge in [-0.1, -0.05) is 75.6 Å². The van der Waals surface area contributed by atoms with E-state index in [0.717, 1.165) is 27.0 Å². The van der Waals surface area contributed by atoms with E-state index in [9.17, 15) is 4.79 Å². The molecule has 1 heterocycles. The molecule has 0 radical (unpaired) electrons. The number of nitrogens with one attached hydrogen (secondary N) is 2. The number of aromatic nitrogens is 1. The minimum absolute atomic E-state index is 0.167. The van der Waals surface area contributed by atoms with Crippen LogP contribution in [0.25, 0.3) is 22.2 Å². The van der Waals surface area contributed by atoms with Crippen LogP contribution in [0.5, 0.6) is 0 Å². The van der Waals surface area contributed by atoms with E-state index in [1.165, 1.54) is 15.8 Å². The molecular weight excluding hydrogens is 480 g/mol. The van der Waals surface area contributed by atoms with Gasteiger partial charge in [-0.15, -0.1) is 11.8 Å². The molecule has 0 bridgehead atoms. The summed E-state index contributed by atoms with van der Waals surface area (Å²) in [5, 5.41) is 4.61. The summed E-state index contributed by atoms with van der Waals surface area (Å²) in [5.74, 6) is 0.581. The first kappa shape index (κ1) is 21.0. The van der Waals surface area contributed by atoms with Gasteiger partial charge in [0.1, 0.15) is 0 Å². The van der Waals surface area contributed by atoms with Gasteiger partial charge in [0.05, 0.1) is 16.3 Å². The lowest BCUT2D eigenvalue weighted by atomic mass is 10.1. The highest BCUT2D eigenvalue weighted by Crippen LogP contribution is 2.37. The van der Waals surface area contributed by atoms with Crippen molar-refractivity contribution in [3.63, 3.8) is 0 Å². The maximum atomic E-state index is 12.5. The second kappa shape index (κ2) is 9.29. The van der Waals surface area contributed by atoms with Crippen LogP contribution in [0.15, 0.2) is 76.1 Å². The number of hydrogen-bond donors (Lipinski definition) is 2. The number of carbonyl (C=O) groups excluding carboxylic acids is 1. The Morgan fingerprint density at radius 1 is 1.10 bits per heavy atom. The molecule has 1 amide bonds. The van der Waals surface area contributed by atoms with E-state index in [1.807, 2.05) is 12.1 Å². The van der Waals surface area contributed by atoms with Crippen LogP contribution < -0.4 is 5.32 Å². The molecule has 0 fully saturated rings. The Morgan fingerprint density at radius 3 is 2.67 bits per heavy atom. The average molecular weight is 500 g/mol. The number of benzene rings is 3. The molecule has 1 aromatic heterocycles. The molecule has 6 heteroatoms. The van der Waals surface area contributed by atoms with E-state index >= 15 is 0 Å². The number of para-hydroxylation sites is 1. The van der Waals surface area contributed by atoms with E-state index in [4.69, 9.17) is 11.6 Å². The fourth-order valence-electron chi connectivity index (χ4n) is 3.27. The molecule has 0 saturated heterocycles. The predicted molar refractivity (Wildman–Crippen MR) is 131 cm³/mol. The summed E-state index contributed by atoms with van der Waals surface area (Å²) in [5.41, 5.74) is 5.09. The van der Waals surface area contributed by atoms with Gasteiger partial charge in [-0.05, 0) is 36.8 Å². The van der Waals surface area contributed by atoms with Crippen LogP contribution in [0.1, 0.15) is 15.9 Å². The minimum atomic E-state index is -0.167. The molecule has 0 spiro atoms. The molecule has 0 aliphatic rings. The summed E-state index contributed by atoms with van der Waals surface area (Å²) in [6.45, 7) is 2.63. The number of rotatable bonds is 6.